The molecule has 0 saturated heterocycles. The first-order valence-corrected chi connectivity index (χ1v) is 12.2. The van der Waals surface area contributed by atoms with E-state index in [2.05, 4.69) is 39.3 Å². The molecule has 1 aliphatic heterocycles. The van der Waals surface area contributed by atoms with Gasteiger partial charge in [0.15, 0.2) is 5.90 Å². The summed E-state index contributed by atoms with van der Waals surface area (Å²) in [5.74, 6) is 1.91. The van der Waals surface area contributed by atoms with E-state index in [0.717, 1.165) is 27.7 Å². The van der Waals surface area contributed by atoms with Gasteiger partial charge in [0.2, 0.25) is 0 Å². The van der Waals surface area contributed by atoms with Gasteiger partial charge >= 0.3 is 0 Å². The minimum Gasteiger partial charge on any atom is -0.487 e. The summed E-state index contributed by atoms with van der Waals surface area (Å²) in [6.07, 6.45) is 1.53. The number of rotatable bonds is 8. The smallest absolute Gasteiger partial charge is 0.188 e. The van der Waals surface area contributed by atoms with E-state index >= 15 is 0 Å². The summed E-state index contributed by atoms with van der Waals surface area (Å²) in [7, 11) is 0. The van der Waals surface area contributed by atoms with Crippen molar-refractivity contribution in [1.82, 2.24) is 9.97 Å². The number of aliphatic hydroxyl groups is 1. The van der Waals surface area contributed by atoms with Crippen LogP contribution in [-0.4, -0.2) is 39.7 Å². The van der Waals surface area contributed by atoms with E-state index in [1.165, 1.54) is 11.9 Å². The van der Waals surface area contributed by atoms with Crippen LogP contribution >= 0.6 is 11.6 Å². The van der Waals surface area contributed by atoms with Gasteiger partial charge in [0.25, 0.3) is 0 Å². The zero-order chi connectivity index (χ0) is 25.1. The van der Waals surface area contributed by atoms with E-state index in [9.17, 15) is 5.11 Å². The van der Waals surface area contributed by atoms with Crippen LogP contribution < -0.4 is 10.1 Å². The molecule has 0 bridgehead atoms. The fourth-order valence-corrected chi connectivity index (χ4v) is 4.30. The maximum Gasteiger partial charge on any atom is 0.188 e. The van der Waals surface area contributed by atoms with Crippen LogP contribution in [0.1, 0.15) is 23.6 Å². The zero-order valence-corrected chi connectivity index (χ0v) is 20.9. The number of nitrogens with one attached hydrogen (secondary N) is 1. The lowest BCUT2D eigenvalue weighted by Gasteiger charge is -2.12. The first-order valence-electron chi connectivity index (χ1n) is 11.8. The standard InChI is InChI=1S/C28H27ClN4O3/c1-17-4-3-5-20(10-17)14-35-26-9-7-21(13-23(26)29)32-28-22-11-19(6-8-24(22)30-16-31-28)12-27-33-25(15-36-27)18(2)34/h3-11,13,16,18,25,34H,12,14-15H2,1-2H3,(H,30,31,32)/t18-,25?/m1/s1. The Labute approximate surface area is 214 Å². The molecule has 0 amide bonds. The van der Waals surface area contributed by atoms with Crippen molar-refractivity contribution < 1.29 is 14.6 Å². The number of aliphatic imine (C=N–C) groups is 1. The summed E-state index contributed by atoms with van der Waals surface area (Å²) in [5.41, 5.74) is 4.90. The Morgan fingerprint density at radius 1 is 1.11 bits per heavy atom. The molecule has 0 spiro atoms. The van der Waals surface area contributed by atoms with E-state index in [-0.39, 0.29) is 6.04 Å². The highest BCUT2D eigenvalue weighted by Gasteiger charge is 2.23. The van der Waals surface area contributed by atoms with Crippen LogP contribution in [-0.2, 0) is 17.8 Å². The molecule has 0 radical (unpaired) electrons. The number of anilines is 2. The van der Waals surface area contributed by atoms with Gasteiger partial charge in [-0.05, 0) is 55.3 Å². The lowest BCUT2D eigenvalue weighted by molar-refractivity contribution is 0.145. The van der Waals surface area contributed by atoms with Crippen LogP contribution in [0.2, 0.25) is 5.02 Å². The van der Waals surface area contributed by atoms with Crippen molar-refractivity contribution in [1.29, 1.82) is 0 Å². The number of aliphatic hydroxyl groups excluding tert-OH is 1. The third-order valence-corrected chi connectivity index (χ3v) is 6.31. The summed E-state index contributed by atoms with van der Waals surface area (Å²) in [5, 5.41) is 14.5. The summed E-state index contributed by atoms with van der Waals surface area (Å²) in [6, 6.07) is 19.5. The molecule has 3 aromatic carbocycles. The number of hydrogen-bond donors (Lipinski definition) is 2. The van der Waals surface area contributed by atoms with Gasteiger partial charge in [0.1, 0.15) is 37.2 Å². The SMILES string of the molecule is Cc1cccc(COc2ccc(Nc3ncnc4ccc(CC5=NC([C@@H](C)O)CO5)cc34)cc2Cl)c1. The molecule has 4 aromatic rings. The van der Waals surface area contributed by atoms with Gasteiger partial charge < -0.3 is 19.9 Å². The lowest BCUT2D eigenvalue weighted by Crippen LogP contribution is -2.21. The van der Waals surface area contributed by atoms with Gasteiger partial charge in [-0.15, -0.1) is 0 Å². The first kappa shape index (κ1) is 24.0. The molecule has 36 heavy (non-hydrogen) atoms. The van der Waals surface area contributed by atoms with Crippen LogP contribution in [0.5, 0.6) is 5.75 Å². The van der Waals surface area contributed by atoms with Crippen molar-refractivity contribution in [3.05, 3.63) is 88.7 Å². The van der Waals surface area contributed by atoms with E-state index in [1.54, 1.807) is 6.92 Å². The molecule has 2 N–H and O–H groups in total. The Morgan fingerprint density at radius 2 is 2.00 bits per heavy atom. The molecule has 1 aliphatic rings. The Balaban J connectivity index is 1.32. The van der Waals surface area contributed by atoms with Gasteiger partial charge in [0, 0.05) is 17.5 Å². The second-order valence-corrected chi connectivity index (χ2v) is 9.35. The van der Waals surface area contributed by atoms with Crippen molar-refractivity contribution in [2.75, 3.05) is 11.9 Å². The van der Waals surface area contributed by atoms with Crippen LogP contribution in [0.25, 0.3) is 10.9 Å². The fraction of sp³-hybridized carbons (Fsp3) is 0.250. The van der Waals surface area contributed by atoms with Gasteiger partial charge in [-0.3, -0.25) is 0 Å². The second-order valence-electron chi connectivity index (χ2n) is 8.94. The van der Waals surface area contributed by atoms with Crippen molar-refractivity contribution >= 4 is 39.9 Å². The molecule has 0 saturated carbocycles. The summed E-state index contributed by atoms with van der Waals surface area (Å²) in [4.78, 5) is 13.3. The molecule has 0 fully saturated rings. The van der Waals surface area contributed by atoms with E-state index < -0.39 is 6.10 Å². The highest BCUT2D eigenvalue weighted by atomic mass is 35.5. The van der Waals surface area contributed by atoms with Crippen LogP contribution in [0.4, 0.5) is 11.5 Å². The molecular formula is C28H27ClN4O3. The Hall–Kier alpha value is -3.68. The molecular weight excluding hydrogens is 476 g/mol. The number of benzene rings is 3. The van der Waals surface area contributed by atoms with Crippen LogP contribution in [0, 0.1) is 6.92 Å². The average molecular weight is 503 g/mol. The Bertz CT molecular complexity index is 1420. The summed E-state index contributed by atoms with van der Waals surface area (Å²) in [6.45, 7) is 4.63. The Kier molecular flexibility index (Phi) is 7.02. The van der Waals surface area contributed by atoms with Crippen molar-refractivity contribution in [2.24, 2.45) is 4.99 Å². The minimum atomic E-state index is -0.533. The molecule has 184 valence electrons. The fourth-order valence-electron chi connectivity index (χ4n) is 4.07. The molecule has 1 unspecified atom stereocenters. The summed E-state index contributed by atoms with van der Waals surface area (Å²) < 4.78 is 11.6. The molecule has 7 nitrogen and oxygen atoms in total. The number of hydrogen-bond acceptors (Lipinski definition) is 7. The number of ether oxygens (including phenoxy) is 2. The molecule has 5 rings (SSSR count). The van der Waals surface area contributed by atoms with Crippen LogP contribution in [0.15, 0.2) is 72.0 Å². The van der Waals surface area contributed by atoms with E-state index in [0.29, 0.717) is 42.1 Å². The van der Waals surface area contributed by atoms with Crippen LogP contribution in [0.3, 0.4) is 0 Å². The number of fused-ring (bicyclic) bond motifs is 1. The first-order chi connectivity index (χ1) is 17.4. The third-order valence-electron chi connectivity index (χ3n) is 6.01. The number of aryl methyl sites for hydroxylation is 1. The molecule has 0 aliphatic carbocycles. The summed E-state index contributed by atoms with van der Waals surface area (Å²) >= 11 is 6.52. The molecule has 2 heterocycles. The lowest BCUT2D eigenvalue weighted by atomic mass is 10.1. The number of nitrogens with zero attached hydrogens (tertiary/aromatic N) is 3. The maximum atomic E-state index is 9.75. The minimum absolute atomic E-state index is 0.213. The zero-order valence-electron chi connectivity index (χ0n) is 20.1. The number of halogens is 1. The van der Waals surface area contributed by atoms with E-state index in [4.69, 9.17) is 21.1 Å². The largest absolute Gasteiger partial charge is 0.487 e. The van der Waals surface area contributed by atoms with Gasteiger partial charge in [-0.1, -0.05) is 47.5 Å². The normalized spacial score (nSPS) is 15.9. The molecule has 1 aromatic heterocycles. The number of aromatic nitrogens is 2. The van der Waals surface area contributed by atoms with Gasteiger partial charge in [-0.25, -0.2) is 15.0 Å². The van der Waals surface area contributed by atoms with Crippen molar-refractivity contribution in [3.63, 3.8) is 0 Å². The Morgan fingerprint density at radius 3 is 2.78 bits per heavy atom. The van der Waals surface area contributed by atoms with E-state index in [1.807, 2.05) is 48.5 Å². The van der Waals surface area contributed by atoms with Gasteiger partial charge in [-0.2, -0.15) is 0 Å². The molecule has 2 atom stereocenters. The highest BCUT2D eigenvalue weighted by molar-refractivity contribution is 6.32. The predicted molar refractivity (Wildman–Crippen MR) is 142 cm³/mol. The second kappa shape index (κ2) is 10.5. The van der Waals surface area contributed by atoms with Crippen molar-refractivity contribution in [3.8, 4) is 5.75 Å². The predicted octanol–water partition coefficient (Wildman–Crippen LogP) is 5.63. The monoisotopic (exact) mass is 502 g/mol. The van der Waals surface area contributed by atoms with Gasteiger partial charge in [0.05, 0.1) is 16.6 Å². The quantitative estimate of drug-likeness (QED) is 0.324. The topological polar surface area (TPSA) is 88.9 Å². The highest BCUT2D eigenvalue weighted by Crippen LogP contribution is 2.31. The third kappa shape index (κ3) is 5.58. The maximum absolute atomic E-state index is 9.75. The average Bonchev–Trinajstić information content (AvgIpc) is 3.33. The van der Waals surface area contributed by atoms with Crippen molar-refractivity contribution in [2.45, 2.75) is 39.0 Å². The molecule has 8 heteroatoms.